The van der Waals surface area contributed by atoms with E-state index in [0.29, 0.717) is 23.5 Å². The average Bonchev–Trinajstić information content (AvgIpc) is 2.85. The predicted octanol–water partition coefficient (Wildman–Crippen LogP) is 3.01. The van der Waals surface area contributed by atoms with Gasteiger partial charge in [-0.15, -0.1) is 0 Å². The van der Waals surface area contributed by atoms with Crippen molar-refractivity contribution in [2.24, 2.45) is 7.05 Å². The molecule has 6 heteroatoms. The first-order chi connectivity index (χ1) is 11.2. The lowest BCUT2D eigenvalue weighted by atomic mass is 10.1. The third-order valence-electron chi connectivity index (χ3n) is 3.73. The van der Waals surface area contributed by atoms with Crippen LogP contribution in [0.1, 0.15) is 11.1 Å². The summed E-state index contributed by atoms with van der Waals surface area (Å²) in [4.78, 5) is 14.7. The molecule has 2 aromatic heterocycles. The van der Waals surface area contributed by atoms with E-state index in [9.17, 15) is 10.1 Å². The Morgan fingerprint density at radius 2 is 2.22 bits per heavy atom. The molecule has 2 heterocycles. The zero-order valence-electron chi connectivity index (χ0n) is 12.4. The third-order valence-corrected chi connectivity index (χ3v) is 3.97. The van der Waals surface area contributed by atoms with Crippen LogP contribution >= 0.6 is 11.6 Å². The van der Waals surface area contributed by atoms with E-state index in [4.69, 9.17) is 11.6 Å². The number of pyridine rings is 1. The van der Waals surface area contributed by atoms with Gasteiger partial charge in [-0.3, -0.25) is 9.78 Å². The number of aryl methyl sites for hydroxylation is 1. The Kier molecular flexibility index (Phi) is 4.00. The Hall–Kier alpha value is -2.84. The summed E-state index contributed by atoms with van der Waals surface area (Å²) in [7, 11) is 1.89. The smallest absolute Gasteiger partial charge is 0.207 e. The normalized spacial score (nSPS) is 10.5. The number of benzene rings is 1. The van der Waals surface area contributed by atoms with Crippen LogP contribution in [0.3, 0.4) is 0 Å². The van der Waals surface area contributed by atoms with Gasteiger partial charge in [0.25, 0.3) is 0 Å². The minimum atomic E-state index is 0.391. The molecule has 0 radical (unpaired) electrons. The van der Waals surface area contributed by atoms with Gasteiger partial charge in [0.15, 0.2) is 0 Å². The Balaban J connectivity index is 2.22. The molecule has 0 unspecified atom stereocenters. The van der Waals surface area contributed by atoms with Crippen LogP contribution in [0.25, 0.3) is 22.2 Å². The topological polar surface area (TPSA) is 70.7 Å². The van der Waals surface area contributed by atoms with E-state index in [1.54, 1.807) is 18.5 Å². The summed E-state index contributed by atoms with van der Waals surface area (Å²) in [5.41, 5.74) is 3.94. The van der Waals surface area contributed by atoms with Crippen molar-refractivity contribution in [3.63, 3.8) is 0 Å². The van der Waals surface area contributed by atoms with Gasteiger partial charge in [-0.25, -0.2) is 0 Å². The lowest BCUT2D eigenvalue weighted by Crippen LogP contribution is -2.10. The number of nitrogens with one attached hydrogen (secondary N) is 1. The van der Waals surface area contributed by atoms with Crippen molar-refractivity contribution < 1.29 is 4.79 Å². The lowest BCUT2D eigenvalue weighted by Gasteiger charge is -2.07. The van der Waals surface area contributed by atoms with Crippen LogP contribution in [0.2, 0.25) is 5.02 Å². The molecule has 23 heavy (non-hydrogen) atoms. The highest BCUT2D eigenvalue weighted by molar-refractivity contribution is 6.31. The number of nitrogens with zero attached hydrogens (tertiary/aromatic N) is 3. The third kappa shape index (κ3) is 2.65. The minimum Gasteiger partial charge on any atom is -0.355 e. The molecular formula is C17H13ClN4O. The molecule has 3 rings (SSSR count). The molecule has 0 aliphatic carbocycles. The van der Waals surface area contributed by atoms with E-state index in [2.05, 4.69) is 16.4 Å². The molecule has 114 valence electrons. The first kappa shape index (κ1) is 15.1. The van der Waals surface area contributed by atoms with Gasteiger partial charge in [-0.2, -0.15) is 5.26 Å². The summed E-state index contributed by atoms with van der Waals surface area (Å²) in [6.45, 7) is 0.391. The monoisotopic (exact) mass is 324 g/mol. The van der Waals surface area contributed by atoms with Crippen LogP contribution in [0.5, 0.6) is 0 Å². The fourth-order valence-electron chi connectivity index (χ4n) is 2.73. The quantitative estimate of drug-likeness (QED) is 0.750. The van der Waals surface area contributed by atoms with Crippen molar-refractivity contribution in [2.75, 3.05) is 0 Å². The van der Waals surface area contributed by atoms with Gasteiger partial charge in [0.1, 0.15) is 6.07 Å². The van der Waals surface area contributed by atoms with Gasteiger partial charge in [0, 0.05) is 42.0 Å². The van der Waals surface area contributed by atoms with Crippen LogP contribution in [0.15, 0.2) is 36.7 Å². The Morgan fingerprint density at radius 3 is 2.96 bits per heavy atom. The Bertz CT molecular complexity index is 940. The van der Waals surface area contributed by atoms with Gasteiger partial charge >= 0.3 is 0 Å². The minimum absolute atomic E-state index is 0.391. The number of rotatable bonds is 4. The van der Waals surface area contributed by atoms with Gasteiger partial charge in [0.05, 0.1) is 16.8 Å². The van der Waals surface area contributed by atoms with Crippen molar-refractivity contribution in [3.8, 4) is 17.3 Å². The predicted molar refractivity (Wildman–Crippen MR) is 88.8 cm³/mol. The van der Waals surface area contributed by atoms with Crippen molar-refractivity contribution in [1.29, 1.82) is 5.26 Å². The van der Waals surface area contributed by atoms with Crippen LogP contribution in [-0.4, -0.2) is 16.0 Å². The van der Waals surface area contributed by atoms with Gasteiger partial charge in [0.2, 0.25) is 6.41 Å². The molecule has 0 spiro atoms. The second kappa shape index (κ2) is 6.11. The molecule has 1 N–H and O–H groups in total. The second-order valence-electron chi connectivity index (χ2n) is 5.14. The molecule has 0 bridgehead atoms. The zero-order valence-corrected chi connectivity index (χ0v) is 13.1. The summed E-state index contributed by atoms with van der Waals surface area (Å²) in [6, 6.07) is 9.66. The molecule has 0 saturated heterocycles. The second-order valence-corrected chi connectivity index (χ2v) is 5.57. The van der Waals surface area contributed by atoms with Crippen molar-refractivity contribution in [1.82, 2.24) is 14.9 Å². The van der Waals surface area contributed by atoms with Crippen LogP contribution in [-0.2, 0) is 18.4 Å². The standard InChI is InChI=1S/C17H13ClN4O/c1-22-16-5-13(18)2-3-14(16)15(6-19)17(22)12-4-11(7-20-9-12)8-21-10-23/h2-5,7,9-10H,8H2,1H3,(H,21,23). The molecule has 0 aliphatic rings. The lowest BCUT2D eigenvalue weighted by molar-refractivity contribution is -0.109. The first-order valence-corrected chi connectivity index (χ1v) is 7.33. The van der Waals surface area contributed by atoms with Crippen LogP contribution < -0.4 is 5.32 Å². The van der Waals surface area contributed by atoms with Gasteiger partial charge in [-0.1, -0.05) is 11.6 Å². The van der Waals surface area contributed by atoms with E-state index in [1.807, 2.05) is 29.8 Å². The highest BCUT2D eigenvalue weighted by atomic mass is 35.5. The van der Waals surface area contributed by atoms with E-state index in [0.717, 1.165) is 27.7 Å². The van der Waals surface area contributed by atoms with E-state index in [1.165, 1.54) is 0 Å². The maximum Gasteiger partial charge on any atom is 0.207 e. The summed E-state index contributed by atoms with van der Waals surface area (Å²) in [6.07, 6.45) is 4.04. The summed E-state index contributed by atoms with van der Waals surface area (Å²) in [5, 5.41) is 13.7. The summed E-state index contributed by atoms with van der Waals surface area (Å²) < 4.78 is 1.94. The molecular weight excluding hydrogens is 312 g/mol. The van der Waals surface area contributed by atoms with Crippen LogP contribution in [0, 0.1) is 11.3 Å². The zero-order chi connectivity index (χ0) is 16.4. The fraction of sp³-hybridized carbons (Fsp3) is 0.118. The molecule has 0 fully saturated rings. The number of carbonyl (C=O) groups excluding carboxylic acids is 1. The molecule has 5 nitrogen and oxygen atoms in total. The van der Waals surface area contributed by atoms with Crippen molar-refractivity contribution in [2.45, 2.75) is 6.54 Å². The summed E-state index contributed by atoms with van der Waals surface area (Å²) >= 11 is 6.07. The summed E-state index contributed by atoms with van der Waals surface area (Å²) in [5.74, 6) is 0. The molecule has 1 aromatic carbocycles. The number of carbonyl (C=O) groups is 1. The van der Waals surface area contributed by atoms with Crippen molar-refractivity contribution in [3.05, 3.63) is 52.8 Å². The number of fused-ring (bicyclic) bond motifs is 1. The Labute approximate surface area is 138 Å². The fourth-order valence-corrected chi connectivity index (χ4v) is 2.90. The van der Waals surface area contributed by atoms with E-state index in [-0.39, 0.29) is 0 Å². The van der Waals surface area contributed by atoms with Crippen molar-refractivity contribution >= 4 is 28.9 Å². The maximum atomic E-state index is 10.4. The largest absolute Gasteiger partial charge is 0.355 e. The number of nitriles is 1. The molecule has 1 amide bonds. The maximum absolute atomic E-state index is 10.4. The van der Waals surface area contributed by atoms with E-state index < -0.39 is 0 Å². The highest BCUT2D eigenvalue weighted by Crippen LogP contribution is 2.33. The number of halogens is 1. The van der Waals surface area contributed by atoms with Gasteiger partial charge < -0.3 is 9.88 Å². The average molecular weight is 325 g/mol. The van der Waals surface area contributed by atoms with Gasteiger partial charge in [-0.05, 0) is 29.8 Å². The molecule has 0 aliphatic heterocycles. The number of aromatic nitrogens is 2. The number of hydrogen-bond acceptors (Lipinski definition) is 3. The number of amides is 1. The van der Waals surface area contributed by atoms with Crippen LogP contribution in [0.4, 0.5) is 0 Å². The highest BCUT2D eigenvalue weighted by Gasteiger charge is 2.17. The Morgan fingerprint density at radius 1 is 1.39 bits per heavy atom. The van der Waals surface area contributed by atoms with E-state index >= 15 is 0 Å². The molecule has 3 aromatic rings. The number of hydrogen-bond donors (Lipinski definition) is 1. The first-order valence-electron chi connectivity index (χ1n) is 6.95. The molecule has 0 saturated carbocycles. The molecule has 0 atom stereocenters. The SMILES string of the molecule is Cn1c(-c2cncc(CNC=O)c2)c(C#N)c2ccc(Cl)cc21.